The van der Waals surface area contributed by atoms with E-state index < -0.39 is 0 Å². The maximum Gasteiger partial charge on any atom is 0.138 e. The number of methoxy groups -OCH3 is 1. The molecule has 0 radical (unpaired) electrons. The van der Waals surface area contributed by atoms with Crippen molar-refractivity contribution in [2.45, 2.75) is 6.04 Å². The third-order valence-electron chi connectivity index (χ3n) is 3.09. The first-order chi connectivity index (χ1) is 9.58. The van der Waals surface area contributed by atoms with Crippen molar-refractivity contribution in [1.82, 2.24) is 5.32 Å². The van der Waals surface area contributed by atoms with Gasteiger partial charge in [0.15, 0.2) is 0 Å². The Morgan fingerprint density at radius 2 is 1.80 bits per heavy atom. The third-order valence-corrected chi connectivity index (χ3v) is 4.43. The van der Waals surface area contributed by atoms with Crippen molar-refractivity contribution in [3.8, 4) is 5.75 Å². The van der Waals surface area contributed by atoms with E-state index in [1.807, 2.05) is 37.4 Å². The van der Waals surface area contributed by atoms with Crippen molar-refractivity contribution in [1.29, 1.82) is 0 Å². The molecular weight excluding hydrogens is 361 g/mol. The molecule has 0 aliphatic rings. The molecule has 0 fully saturated rings. The van der Waals surface area contributed by atoms with Crippen molar-refractivity contribution in [2.75, 3.05) is 14.2 Å². The van der Waals surface area contributed by atoms with Crippen LogP contribution in [0.25, 0.3) is 0 Å². The molecule has 0 aliphatic carbocycles. The molecule has 5 heteroatoms. The van der Waals surface area contributed by atoms with Gasteiger partial charge in [0.1, 0.15) is 5.75 Å². The summed E-state index contributed by atoms with van der Waals surface area (Å²) in [5.41, 5.74) is 2.00. The van der Waals surface area contributed by atoms with Crippen LogP contribution in [0.5, 0.6) is 5.75 Å². The van der Waals surface area contributed by atoms with E-state index in [1.54, 1.807) is 13.2 Å². The highest BCUT2D eigenvalue weighted by Gasteiger charge is 2.19. The van der Waals surface area contributed by atoms with Crippen molar-refractivity contribution in [3.63, 3.8) is 0 Å². The Morgan fingerprint density at radius 3 is 2.40 bits per heavy atom. The molecule has 2 aromatic carbocycles. The minimum atomic E-state index is -0.0542. The molecule has 1 atom stereocenters. The summed E-state index contributed by atoms with van der Waals surface area (Å²) in [7, 11) is 3.46. The number of benzene rings is 2. The molecular formula is C15H14BrCl2NO. The quantitative estimate of drug-likeness (QED) is 0.806. The predicted molar refractivity (Wildman–Crippen MR) is 88.1 cm³/mol. The number of hydrogen-bond donors (Lipinski definition) is 1. The van der Waals surface area contributed by atoms with E-state index in [0.717, 1.165) is 15.6 Å². The Balaban J connectivity index is 2.53. The van der Waals surface area contributed by atoms with E-state index in [4.69, 9.17) is 27.9 Å². The number of hydrogen-bond acceptors (Lipinski definition) is 2. The van der Waals surface area contributed by atoms with Gasteiger partial charge in [0, 0.05) is 15.6 Å². The monoisotopic (exact) mass is 373 g/mol. The Morgan fingerprint density at radius 1 is 1.10 bits per heavy atom. The normalized spacial score (nSPS) is 12.2. The van der Waals surface area contributed by atoms with Gasteiger partial charge in [-0.2, -0.15) is 0 Å². The zero-order chi connectivity index (χ0) is 14.7. The van der Waals surface area contributed by atoms with Gasteiger partial charge in [0.05, 0.1) is 18.2 Å². The molecule has 1 N–H and O–H groups in total. The molecule has 2 aromatic rings. The summed E-state index contributed by atoms with van der Waals surface area (Å²) in [6, 6.07) is 11.5. The lowest BCUT2D eigenvalue weighted by Crippen LogP contribution is -2.18. The van der Waals surface area contributed by atoms with Gasteiger partial charge in [-0.1, -0.05) is 57.3 Å². The van der Waals surface area contributed by atoms with Gasteiger partial charge in [-0.25, -0.2) is 0 Å². The number of nitrogens with one attached hydrogen (secondary N) is 1. The second-order valence-electron chi connectivity index (χ2n) is 4.25. The van der Waals surface area contributed by atoms with Crippen LogP contribution in [0.4, 0.5) is 0 Å². The van der Waals surface area contributed by atoms with Crippen LogP contribution < -0.4 is 10.1 Å². The van der Waals surface area contributed by atoms with Crippen LogP contribution in [0.2, 0.25) is 10.0 Å². The minimum Gasteiger partial charge on any atom is -0.495 e. The Bertz CT molecular complexity index is 619. The molecule has 0 spiro atoms. The van der Waals surface area contributed by atoms with Crippen molar-refractivity contribution in [2.24, 2.45) is 0 Å². The first-order valence-electron chi connectivity index (χ1n) is 6.03. The van der Waals surface area contributed by atoms with Crippen molar-refractivity contribution >= 4 is 39.1 Å². The lowest BCUT2D eigenvalue weighted by Gasteiger charge is -2.21. The van der Waals surface area contributed by atoms with Crippen LogP contribution in [0, 0.1) is 0 Å². The van der Waals surface area contributed by atoms with E-state index in [0.29, 0.717) is 15.8 Å². The van der Waals surface area contributed by atoms with Crippen LogP contribution >= 0.6 is 39.1 Å². The maximum atomic E-state index is 6.36. The largest absolute Gasteiger partial charge is 0.495 e. The third kappa shape index (κ3) is 3.12. The summed E-state index contributed by atoms with van der Waals surface area (Å²) >= 11 is 16.1. The molecule has 0 aromatic heterocycles. The summed E-state index contributed by atoms with van der Waals surface area (Å²) < 4.78 is 6.19. The number of halogens is 3. The summed E-state index contributed by atoms with van der Waals surface area (Å²) in [5, 5.41) is 4.42. The summed E-state index contributed by atoms with van der Waals surface area (Å²) in [6.07, 6.45) is 0. The molecule has 0 bridgehead atoms. The topological polar surface area (TPSA) is 21.3 Å². The highest BCUT2D eigenvalue weighted by molar-refractivity contribution is 9.10. The molecule has 0 saturated carbocycles. The van der Waals surface area contributed by atoms with E-state index in [1.165, 1.54) is 0 Å². The van der Waals surface area contributed by atoms with Crippen molar-refractivity contribution < 1.29 is 4.74 Å². The van der Waals surface area contributed by atoms with E-state index in [-0.39, 0.29) is 6.04 Å². The van der Waals surface area contributed by atoms with E-state index in [2.05, 4.69) is 21.2 Å². The van der Waals surface area contributed by atoms with Crippen LogP contribution in [0.1, 0.15) is 17.2 Å². The maximum absolute atomic E-state index is 6.36. The van der Waals surface area contributed by atoms with E-state index in [9.17, 15) is 0 Å². The summed E-state index contributed by atoms with van der Waals surface area (Å²) in [6.45, 7) is 0. The molecule has 0 amide bonds. The molecule has 0 saturated heterocycles. The van der Waals surface area contributed by atoms with E-state index >= 15 is 0 Å². The van der Waals surface area contributed by atoms with Gasteiger partial charge in [-0.15, -0.1) is 0 Å². The average Bonchev–Trinajstić information content (AvgIpc) is 2.45. The fraction of sp³-hybridized carbons (Fsp3) is 0.200. The number of rotatable bonds is 4. The Hall–Kier alpha value is -0.740. The van der Waals surface area contributed by atoms with Crippen LogP contribution in [-0.2, 0) is 0 Å². The summed E-state index contributed by atoms with van der Waals surface area (Å²) in [4.78, 5) is 0. The second-order valence-corrected chi connectivity index (χ2v) is 5.92. The zero-order valence-corrected chi connectivity index (χ0v) is 14.2. The summed E-state index contributed by atoms with van der Waals surface area (Å²) in [5.74, 6) is 0.572. The van der Waals surface area contributed by atoms with Gasteiger partial charge in [0.25, 0.3) is 0 Å². The predicted octanol–water partition coefficient (Wildman–Crippen LogP) is 5.07. The van der Waals surface area contributed by atoms with Gasteiger partial charge in [0.2, 0.25) is 0 Å². The van der Waals surface area contributed by atoms with Gasteiger partial charge >= 0.3 is 0 Å². The molecule has 0 aliphatic heterocycles. The first kappa shape index (κ1) is 15.6. The molecule has 20 heavy (non-hydrogen) atoms. The van der Waals surface area contributed by atoms with Crippen LogP contribution in [0.15, 0.2) is 40.9 Å². The highest BCUT2D eigenvalue weighted by Crippen LogP contribution is 2.37. The lowest BCUT2D eigenvalue weighted by atomic mass is 9.98. The molecule has 106 valence electrons. The molecule has 1 unspecified atom stereocenters. The van der Waals surface area contributed by atoms with Gasteiger partial charge < -0.3 is 10.1 Å². The number of ether oxygens (including phenoxy) is 1. The minimum absolute atomic E-state index is 0.0542. The second kappa shape index (κ2) is 6.81. The first-order valence-corrected chi connectivity index (χ1v) is 7.58. The SMILES string of the molecule is CNC(c1cc(Cl)c(OC)cc1Cl)c1ccccc1Br. The smallest absolute Gasteiger partial charge is 0.138 e. The molecule has 0 heterocycles. The Labute approximate surface area is 137 Å². The fourth-order valence-electron chi connectivity index (χ4n) is 2.11. The fourth-order valence-corrected chi connectivity index (χ4v) is 3.14. The lowest BCUT2D eigenvalue weighted by molar-refractivity contribution is 0.415. The van der Waals surface area contributed by atoms with Crippen molar-refractivity contribution in [3.05, 3.63) is 62.0 Å². The zero-order valence-electron chi connectivity index (χ0n) is 11.1. The Kier molecular flexibility index (Phi) is 5.33. The standard InChI is InChI=1S/C15H14BrCl2NO/c1-19-15(9-5-3-4-6-11(9)16)10-7-13(18)14(20-2)8-12(10)17/h3-8,15,19H,1-2H3. The average molecular weight is 375 g/mol. The highest BCUT2D eigenvalue weighted by atomic mass is 79.9. The molecule has 2 nitrogen and oxygen atoms in total. The molecule has 2 rings (SSSR count). The van der Waals surface area contributed by atoms with Gasteiger partial charge in [-0.3, -0.25) is 0 Å². The van der Waals surface area contributed by atoms with Crippen LogP contribution in [-0.4, -0.2) is 14.2 Å². The van der Waals surface area contributed by atoms with Crippen LogP contribution in [0.3, 0.4) is 0 Å². The van der Waals surface area contributed by atoms with Gasteiger partial charge in [-0.05, 0) is 30.3 Å².